The van der Waals surface area contributed by atoms with E-state index in [1.165, 1.54) is 4.90 Å². The Bertz CT molecular complexity index is 565. The fourth-order valence-corrected chi connectivity index (χ4v) is 2.43. The Morgan fingerprint density at radius 2 is 2.20 bits per heavy atom. The number of carbonyl (C=O) groups is 1. The largest absolute Gasteiger partial charge is 0.481 e. The van der Waals surface area contributed by atoms with Gasteiger partial charge >= 0.3 is 5.97 Å². The van der Waals surface area contributed by atoms with Gasteiger partial charge in [0.25, 0.3) is 5.69 Å². The maximum atomic E-state index is 13.8. The van der Waals surface area contributed by atoms with Gasteiger partial charge in [0.15, 0.2) is 17.3 Å². The zero-order valence-electron chi connectivity index (χ0n) is 10.4. The highest BCUT2D eigenvalue weighted by molar-refractivity contribution is 5.68. The molecule has 8 heteroatoms. The van der Waals surface area contributed by atoms with Gasteiger partial charge < -0.3 is 10.0 Å². The number of halogens is 2. The summed E-state index contributed by atoms with van der Waals surface area (Å²) in [5, 5.41) is 19.6. The first-order valence-corrected chi connectivity index (χ1v) is 5.99. The van der Waals surface area contributed by atoms with Crippen molar-refractivity contribution in [1.29, 1.82) is 0 Å². The number of benzene rings is 1. The summed E-state index contributed by atoms with van der Waals surface area (Å²) >= 11 is 0. The van der Waals surface area contributed by atoms with E-state index < -0.39 is 33.9 Å². The summed E-state index contributed by atoms with van der Waals surface area (Å²) in [4.78, 5) is 22.1. The number of nitro benzene ring substituents is 1. The molecule has 0 spiro atoms. The Labute approximate surface area is 112 Å². The van der Waals surface area contributed by atoms with E-state index in [2.05, 4.69) is 0 Å². The summed E-state index contributed by atoms with van der Waals surface area (Å²) in [5.41, 5.74) is -0.914. The lowest BCUT2D eigenvalue weighted by Gasteiger charge is -2.19. The molecule has 1 N–H and O–H groups in total. The van der Waals surface area contributed by atoms with E-state index >= 15 is 0 Å². The van der Waals surface area contributed by atoms with Crippen LogP contribution in [-0.4, -0.2) is 29.1 Å². The molecule has 1 aliphatic rings. The minimum absolute atomic E-state index is 0.0960. The van der Waals surface area contributed by atoms with Crippen LogP contribution in [0.15, 0.2) is 12.1 Å². The predicted molar refractivity (Wildman–Crippen MR) is 65.6 cm³/mol. The van der Waals surface area contributed by atoms with Crippen LogP contribution in [0, 0.1) is 27.7 Å². The number of anilines is 1. The molecule has 0 bridgehead atoms. The standard InChI is InChI=1S/C12H12F2N2O4/c13-8-1-2-9(16(19)20)12(11(8)14)15-4-3-7(6-15)5-10(17)18/h1-2,7H,3-6H2,(H,17,18). The number of hydrogen-bond donors (Lipinski definition) is 1. The van der Waals surface area contributed by atoms with Crippen LogP contribution in [-0.2, 0) is 4.79 Å². The maximum absolute atomic E-state index is 13.8. The van der Waals surface area contributed by atoms with Crippen molar-refractivity contribution in [3.8, 4) is 0 Å². The van der Waals surface area contributed by atoms with Gasteiger partial charge in [0.1, 0.15) is 0 Å². The summed E-state index contributed by atoms with van der Waals surface area (Å²) in [6.45, 7) is 0.423. The number of carboxylic acid groups (broad SMARTS) is 1. The van der Waals surface area contributed by atoms with Crippen molar-refractivity contribution >= 4 is 17.3 Å². The van der Waals surface area contributed by atoms with Crippen molar-refractivity contribution in [2.75, 3.05) is 18.0 Å². The van der Waals surface area contributed by atoms with Gasteiger partial charge in [-0.15, -0.1) is 0 Å². The molecule has 0 amide bonds. The lowest BCUT2D eigenvalue weighted by atomic mass is 10.1. The van der Waals surface area contributed by atoms with Crippen molar-refractivity contribution < 1.29 is 23.6 Å². The normalized spacial score (nSPS) is 18.3. The van der Waals surface area contributed by atoms with Crippen LogP contribution in [0.5, 0.6) is 0 Å². The highest BCUT2D eigenvalue weighted by atomic mass is 19.2. The van der Waals surface area contributed by atoms with Crippen molar-refractivity contribution in [3.63, 3.8) is 0 Å². The van der Waals surface area contributed by atoms with Crippen molar-refractivity contribution in [3.05, 3.63) is 33.9 Å². The van der Waals surface area contributed by atoms with E-state index in [0.29, 0.717) is 12.5 Å². The molecule has 108 valence electrons. The minimum atomic E-state index is -1.27. The Kier molecular flexibility index (Phi) is 3.82. The lowest BCUT2D eigenvalue weighted by molar-refractivity contribution is -0.384. The van der Waals surface area contributed by atoms with E-state index in [1.54, 1.807) is 0 Å². The van der Waals surface area contributed by atoms with E-state index in [0.717, 1.165) is 6.07 Å². The summed E-state index contributed by atoms with van der Waals surface area (Å²) in [6, 6.07) is 1.63. The number of aliphatic carboxylic acids is 1. The third-order valence-corrected chi connectivity index (χ3v) is 3.31. The van der Waals surface area contributed by atoms with Gasteiger partial charge in [0.05, 0.1) is 4.92 Å². The van der Waals surface area contributed by atoms with Crippen molar-refractivity contribution in [2.45, 2.75) is 12.8 Å². The third kappa shape index (κ3) is 2.68. The molecular formula is C12H12F2N2O4. The van der Waals surface area contributed by atoms with Gasteiger partial charge in [-0.1, -0.05) is 0 Å². The molecule has 2 rings (SSSR count). The van der Waals surface area contributed by atoms with Crippen LogP contribution in [0.3, 0.4) is 0 Å². The number of rotatable bonds is 4. The molecule has 1 saturated heterocycles. The molecule has 0 radical (unpaired) electrons. The fourth-order valence-electron chi connectivity index (χ4n) is 2.43. The molecule has 0 aliphatic carbocycles. The van der Waals surface area contributed by atoms with Gasteiger partial charge in [-0.2, -0.15) is 0 Å². The monoisotopic (exact) mass is 286 g/mol. The van der Waals surface area contributed by atoms with Gasteiger partial charge in [-0.3, -0.25) is 14.9 Å². The van der Waals surface area contributed by atoms with Crippen LogP contribution in [0.4, 0.5) is 20.2 Å². The number of nitro groups is 1. The molecule has 0 aromatic heterocycles. The number of nitrogens with zero attached hydrogens (tertiary/aromatic N) is 2. The van der Waals surface area contributed by atoms with E-state index in [-0.39, 0.29) is 25.4 Å². The van der Waals surface area contributed by atoms with Gasteiger partial charge in [-0.25, -0.2) is 8.78 Å². The molecule has 6 nitrogen and oxygen atoms in total. The fraction of sp³-hybridized carbons (Fsp3) is 0.417. The molecule has 1 aromatic rings. The van der Waals surface area contributed by atoms with E-state index in [9.17, 15) is 23.7 Å². The van der Waals surface area contributed by atoms with Gasteiger partial charge in [-0.05, 0) is 18.4 Å². The summed E-state index contributed by atoms with van der Waals surface area (Å²) in [5.74, 6) is -3.64. The van der Waals surface area contributed by atoms with Crippen molar-refractivity contribution in [1.82, 2.24) is 0 Å². The minimum Gasteiger partial charge on any atom is -0.481 e. The molecular weight excluding hydrogens is 274 g/mol. The smallest absolute Gasteiger partial charge is 0.303 e. The number of carboxylic acids is 1. The first kappa shape index (κ1) is 14.2. The SMILES string of the molecule is O=C(O)CC1CCN(c2c([N+](=O)[O-])ccc(F)c2F)C1. The maximum Gasteiger partial charge on any atom is 0.303 e. The Morgan fingerprint density at radius 3 is 2.80 bits per heavy atom. The summed E-state index contributed by atoms with van der Waals surface area (Å²) in [7, 11) is 0. The van der Waals surface area contributed by atoms with Gasteiger partial charge in [0, 0.05) is 25.6 Å². The van der Waals surface area contributed by atoms with Crippen LogP contribution in [0.1, 0.15) is 12.8 Å². The van der Waals surface area contributed by atoms with Gasteiger partial charge in [0.2, 0.25) is 0 Å². The summed E-state index contributed by atoms with van der Waals surface area (Å²) < 4.78 is 27.1. The van der Waals surface area contributed by atoms with E-state index in [4.69, 9.17) is 5.11 Å². The lowest BCUT2D eigenvalue weighted by Crippen LogP contribution is -2.23. The highest BCUT2D eigenvalue weighted by Gasteiger charge is 2.32. The molecule has 1 fully saturated rings. The van der Waals surface area contributed by atoms with Crippen LogP contribution >= 0.6 is 0 Å². The number of hydrogen-bond acceptors (Lipinski definition) is 4. The summed E-state index contributed by atoms with van der Waals surface area (Å²) in [6.07, 6.45) is 0.376. The van der Waals surface area contributed by atoms with E-state index in [1.807, 2.05) is 0 Å². The third-order valence-electron chi connectivity index (χ3n) is 3.31. The Balaban J connectivity index is 2.31. The van der Waals surface area contributed by atoms with Crippen LogP contribution in [0.25, 0.3) is 0 Å². The molecule has 1 aromatic carbocycles. The molecule has 1 atom stereocenters. The van der Waals surface area contributed by atoms with Crippen molar-refractivity contribution in [2.24, 2.45) is 5.92 Å². The Hall–Kier alpha value is -2.25. The highest BCUT2D eigenvalue weighted by Crippen LogP contribution is 2.36. The molecule has 0 saturated carbocycles. The first-order valence-electron chi connectivity index (χ1n) is 5.99. The second-order valence-electron chi connectivity index (χ2n) is 4.68. The zero-order chi connectivity index (χ0) is 14.9. The average Bonchev–Trinajstić information content (AvgIpc) is 2.79. The molecule has 20 heavy (non-hydrogen) atoms. The first-order chi connectivity index (χ1) is 9.40. The topological polar surface area (TPSA) is 83.7 Å². The average molecular weight is 286 g/mol. The second-order valence-corrected chi connectivity index (χ2v) is 4.68. The zero-order valence-corrected chi connectivity index (χ0v) is 10.4. The second kappa shape index (κ2) is 5.40. The molecule has 1 heterocycles. The molecule has 1 unspecified atom stereocenters. The predicted octanol–water partition coefficient (Wildman–Crippen LogP) is 2.17. The molecule has 1 aliphatic heterocycles. The quantitative estimate of drug-likeness (QED) is 0.677. The van der Waals surface area contributed by atoms with Crippen LogP contribution in [0.2, 0.25) is 0 Å². The Morgan fingerprint density at radius 1 is 1.50 bits per heavy atom. The van der Waals surface area contributed by atoms with Crippen LogP contribution < -0.4 is 4.90 Å².